The van der Waals surface area contributed by atoms with E-state index in [-0.39, 0.29) is 24.5 Å². The van der Waals surface area contributed by atoms with Gasteiger partial charge in [0, 0.05) is 5.69 Å². The standard InChI is InChI=1S/C14H25N3O2/c1-5-10(4)13(8-18)15-14(19)12-7-11(16-17-12)6-9(2)3/h7,9-10,13,18H,5-6,8H2,1-4H3,(H,15,19)(H,16,17)/t10-,13-/m0/s1. The van der Waals surface area contributed by atoms with Crippen LogP contribution in [-0.2, 0) is 6.42 Å². The molecule has 0 fully saturated rings. The van der Waals surface area contributed by atoms with E-state index in [9.17, 15) is 9.90 Å². The molecule has 0 spiro atoms. The van der Waals surface area contributed by atoms with Crippen molar-refractivity contribution in [3.8, 4) is 0 Å². The lowest BCUT2D eigenvalue weighted by molar-refractivity contribution is 0.0886. The molecule has 0 aliphatic heterocycles. The molecule has 0 aliphatic carbocycles. The number of rotatable bonds is 7. The minimum Gasteiger partial charge on any atom is -0.394 e. The second kappa shape index (κ2) is 7.28. The summed E-state index contributed by atoms with van der Waals surface area (Å²) in [6, 6.07) is 1.56. The molecular formula is C14H25N3O2. The Labute approximate surface area is 114 Å². The normalized spacial score (nSPS) is 14.4. The van der Waals surface area contributed by atoms with Crippen molar-refractivity contribution in [2.45, 2.75) is 46.6 Å². The van der Waals surface area contributed by atoms with Gasteiger partial charge in [0.25, 0.3) is 5.91 Å². The van der Waals surface area contributed by atoms with Crippen LogP contribution >= 0.6 is 0 Å². The smallest absolute Gasteiger partial charge is 0.272 e. The van der Waals surface area contributed by atoms with Crippen molar-refractivity contribution < 1.29 is 9.90 Å². The van der Waals surface area contributed by atoms with Crippen LogP contribution in [-0.4, -0.2) is 33.9 Å². The van der Waals surface area contributed by atoms with Crippen molar-refractivity contribution in [3.63, 3.8) is 0 Å². The van der Waals surface area contributed by atoms with Crippen molar-refractivity contribution in [2.24, 2.45) is 11.8 Å². The molecule has 2 atom stereocenters. The number of aromatic amines is 1. The third-order valence-corrected chi connectivity index (χ3v) is 3.34. The molecule has 5 heteroatoms. The number of carbonyl (C=O) groups is 1. The molecule has 3 N–H and O–H groups in total. The summed E-state index contributed by atoms with van der Waals surface area (Å²) >= 11 is 0. The van der Waals surface area contributed by atoms with Gasteiger partial charge in [-0.05, 0) is 24.3 Å². The summed E-state index contributed by atoms with van der Waals surface area (Å²) in [7, 11) is 0. The van der Waals surface area contributed by atoms with Crippen LogP contribution in [0, 0.1) is 11.8 Å². The molecule has 0 radical (unpaired) electrons. The lowest BCUT2D eigenvalue weighted by Gasteiger charge is -2.21. The molecule has 108 valence electrons. The summed E-state index contributed by atoms with van der Waals surface area (Å²) in [6.07, 6.45) is 1.78. The van der Waals surface area contributed by atoms with Crippen LogP contribution in [0.2, 0.25) is 0 Å². The van der Waals surface area contributed by atoms with Crippen molar-refractivity contribution in [1.82, 2.24) is 15.5 Å². The third kappa shape index (κ3) is 4.67. The minimum atomic E-state index is -0.231. The Morgan fingerprint density at radius 1 is 1.47 bits per heavy atom. The lowest BCUT2D eigenvalue weighted by atomic mass is 10.00. The first-order chi connectivity index (χ1) is 8.97. The van der Waals surface area contributed by atoms with Crippen LogP contribution in [0.1, 0.15) is 50.3 Å². The monoisotopic (exact) mass is 267 g/mol. The molecule has 0 bridgehead atoms. The predicted octanol–water partition coefficient (Wildman–Crippen LogP) is 1.75. The first-order valence-corrected chi connectivity index (χ1v) is 6.93. The van der Waals surface area contributed by atoms with Crippen molar-refractivity contribution in [3.05, 3.63) is 17.5 Å². The fraction of sp³-hybridized carbons (Fsp3) is 0.714. The van der Waals surface area contributed by atoms with Gasteiger partial charge in [-0.1, -0.05) is 34.1 Å². The molecule has 19 heavy (non-hydrogen) atoms. The van der Waals surface area contributed by atoms with Crippen LogP contribution in [0.4, 0.5) is 0 Å². The predicted molar refractivity (Wildman–Crippen MR) is 74.9 cm³/mol. The van der Waals surface area contributed by atoms with Gasteiger partial charge < -0.3 is 10.4 Å². The van der Waals surface area contributed by atoms with Gasteiger partial charge in [0.15, 0.2) is 0 Å². The summed E-state index contributed by atoms with van der Waals surface area (Å²) in [5, 5.41) is 19.0. The molecule has 0 unspecified atom stereocenters. The zero-order valence-electron chi connectivity index (χ0n) is 12.2. The van der Waals surface area contributed by atoms with Gasteiger partial charge in [-0.2, -0.15) is 5.10 Å². The largest absolute Gasteiger partial charge is 0.394 e. The lowest BCUT2D eigenvalue weighted by Crippen LogP contribution is -2.42. The Hall–Kier alpha value is -1.36. The average Bonchev–Trinajstić information content (AvgIpc) is 2.82. The van der Waals surface area contributed by atoms with Crippen molar-refractivity contribution >= 4 is 5.91 Å². The number of hydrogen-bond acceptors (Lipinski definition) is 3. The number of hydrogen-bond donors (Lipinski definition) is 3. The fourth-order valence-electron chi connectivity index (χ4n) is 1.92. The fourth-order valence-corrected chi connectivity index (χ4v) is 1.92. The summed E-state index contributed by atoms with van der Waals surface area (Å²) < 4.78 is 0. The Balaban J connectivity index is 2.64. The van der Waals surface area contributed by atoms with E-state index < -0.39 is 0 Å². The highest BCUT2D eigenvalue weighted by Gasteiger charge is 2.19. The Kier molecular flexibility index (Phi) is 6.02. The maximum Gasteiger partial charge on any atom is 0.272 e. The number of aliphatic hydroxyl groups excluding tert-OH is 1. The molecular weight excluding hydrogens is 242 g/mol. The number of carbonyl (C=O) groups excluding carboxylic acids is 1. The van der Waals surface area contributed by atoms with Gasteiger partial charge in [0.05, 0.1) is 12.6 Å². The van der Waals surface area contributed by atoms with Crippen molar-refractivity contribution in [1.29, 1.82) is 0 Å². The topological polar surface area (TPSA) is 78.0 Å². The average molecular weight is 267 g/mol. The molecule has 1 aromatic heterocycles. The van der Waals surface area contributed by atoms with E-state index in [1.54, 1.807) is 6.07 Å². The second-order valence-corrected chi connectivity index (χ2v) is 5.52. The van der Waals surface area contributed by atoms with E-state index in [2.05, 4.69) is 29.4 Å². The first kappa shape index (κ1) is 15.7. The van der Waals surface area contributed by atoms with Crippen LogP contribution in [0.25, 0.3) is 0 Å². The number of H-pyrrole nitrogens is 1. The highest BCUT2D eigenvalue weighted by molar-refractivity contribution is 5.92. The van der Waals surface area contributed by atoms with Gasteiger partial charge in [0.1, 0.15) is 5.69 Å². The van der Waals surface area contributed by atoms with Gasteiger partial charge >= 0.3 is 0 Å². The third-order valence-electron chi connectivity index (χ3n) is 3.34. The van der Waals surface area contributed by atoms with Crippen LogP contribution < -0.4 is 5.32 Å². The Morgan fingerprint density at radius 3 is 2.68 bits per heavy atom. The van der Waals surface area contributed by atoms with E-state index in [1.165, 1.54) is 0 Å². The number of nitrogens with one attached hydrogen (secondary N) is 2. The molecule has 0 aliphatic rings. The maximum absolute atomic E-state index is 12.0. The van der Waals surface area contributed by atoms with E-state index >= 15 is 0 Å². The summed E-state index contributed by atoms with van der Waals surface area (Å²) in [4.78, 5) is 12.0. The van der Waals surface area contributed by atoms with Gasteiger partial charge in [-0.25, -0.2) is 0 Å². The summed E-state index contributed by atoms with van der Waals surface area (Å²) in [5.41, 5.74) is 1.35. The minimum absolute atomic E-state index is 0.0516. The van der Waals surface area contributed by atoms with E-state index in [0.717, 1.165) is 18.5 Å². The number of amides is 1. The maximum atomic E-state index is 12.0. The molecule has 1 rings (SSSR count). The van der Waals surface area contributed by atoms with Crippen LogP contribution in [0.15, 0.2) is 6.07 Å². The van der Waals surface area contributed by atoms with Crippen LogP contribution in [0.5, 0.6) is 0 Å². The zero-order valence-corrected chi connectivity index (χ0v) is 12.2. The molecule has 0 saturated carbocycles. The number of aromatic nitrogens is 2. The molecule has 0 saturated heterocycles. The van der Waals surface area contributed by atoms with E-state index in [4.69, 9.17) is 0 Å². The Morgan fingerprint density at radius 2 is 2.16 bits per heavy atom. The van der Waals surface area contributed by atoms with E-state index in [0.29, 0.717) is 11.6 Å². The molecule has 0 aromatic carbocycles. The Bertz CT molecular complexity index is 401. The van der Waals surface area contributed by atoms with Gasteiger partial charge in [0.2, 0.25) is 0 Å². The quantitative estimate of drug-likeness (QED) is 0.704. The second-order valence-electron chi connectivity index (χ2n) is 5.52. The first-order valence-electron chi connectivity index (χ1n) is 6.93. The molecule has 5 nitrogen and oxygen atoms in total. The summed E-state index contributed by atoms with van der Waals surface area (Å²) in [5.74, 6) is 0.523. The van der Waals surface area contributed by atoms with E-state index in [1.807, 2.05) is 13.8 Å². The highest BCUT2D eigenvalue weighted by Crippen LogP contribution is 2.10. The highest BCUT2D eigenvalue weighted by atomic mass is 16.3. The SMILES string of the molecule is CC[C@H](C)[C@H](CO)NC(=O)c1cc(CC(C)C)[nH]n1. The molecule has 1 aromatic rings. The molecule has 1 amide bonds. The number of nitrogens with zero attached hydrogens (tertiary/aromatic N) is 1. The van der Waals surface area contributed by atoms with Crippen LogP contribution in [0.3, 0.4) is 0 Å². The zero-order chi connectivity index (χ0) is 14.4. The van der Waals surface area contributed by atoms with Crippen molar-refractivity contribution in [2.75, 3.05) is 6.61 Å². The van der Waals surface area contributed by atoms with Gasteiger partial charge in [-0.15, -0.1) is 0 Å². The summed E-state index contributed by atoms with van der Waals surface area (Å²) in [6.45, 7) is 8.23. The number of aliphatic hydroxyl groups is 1. The molecule has 1 heterocycles. The van der Waals surface area contributed by atoms with Gasteiger partial charge in [-0.3, -0.25) is 9.89 Å².